The van der Waals surface area contributed by atoms with Crippen LogP contribution >= 0.6 is 11.3 Å². The van der Waals surface area contributed by atoms with E-state index < -0.39 is 0 Å². The molecule has 0 atom stereocenters. The summed E-state index contributed by atoms with van der Waals surface area (Å²) >= 11 is 1.49. The van der Waals surface area contributed by atoms with E-state index in [1.807, 2.05) is 29.6 Å². The van der Waals surface area contributed by atoms with Gasteiger partial charge in [-0.2, -0.15) is 5.10 Å². The van der Waals surface area contributed by atoms with Gasteiger partial charge >= 0.3 is 0 Å². The van der Waals surface area contributed by atoms with Gasteiger partial charge in [0.15, 0.2) is 0 Å². The van der Waals surface area contributed by atoms with Crippen LogP contribution < -0.4 is 0 Å². The Morgan fingerprint density at radius 2 is 1.96 bits per heavy atom. The van der Waals surface area contributed by atoms with Crippen molar-refractivity contribution in [2.45, 2.75) is 18.8 Å². The quantitative estimate of drug-likeness (QED) is 0.724. The highest BCUT2D eigenvalue weighted by Gasteiger charge is 2.26. The zero-order valence-electron chi connectivity index (χ0n) is 14.1. The smallest absolute Gasteiger partial charge is 0.273 e. The van der Waals surface area contributed by atoms with Crippen molar-refractivity contribution in [2.75, 3.05) is 13.1 Å². The number of piperidine rings is 1. The van der Waals surface area contributed by atoms with Crippen LogP contribution in [0.2, 0.25) is 0 Å². The molecule has 2 aromatic heterocycles. The largest absolute Gasteiger partial charge is 0.337 e. The van der Waals surface area contributed by atoms with Gasteiger partial charge in [0.2, 0.25) is 0 Å². The van der Waals surface area contributed by atoms with E-state index in [0.29, 0.717) is 11.6 Å². The Labute approximate surface area is 150 Å². The zero-order valence-corrected chi connectivity index (χ0v) is 14.9. The summed E-state index contributed by atoms with van der Waals surface area (Å²) in [4.78, 5) is 19.2. The number of carbonyl (C=O) groups excluding carboxylic acids is 1. The second-order valence-electron chi connectivity index (χ2n) is 6.42. The summed E-state index contributed by atoms with van der Waals surface area (Å²) in [5.74, 6) is 0.588. The Morgan fingerprint density at radius 3 is 2.64 bits per heavy atom. The minimum atomic E-state index is 0.0397. The molecule has 3 aromatic rings. The van der Waals surface area contributed by atoms with Crippen LogP contribution in [0.3, 0.4) is 0 Å². The highest BCUT2D eigenvalue weighted by molar-refractivity contribution is 7.13. The van der Waals surface area contributed by atoms with Crippen LogP contribution in [0.1, 0.15) is 34.8 Å². The van der Waals surface area contributed by atoms with Crippen molar-refractivity contribution >= 4 is 17.2 Å². The molecule has 6 heteroatoms. The molecule has 4 rings (SSSR count). The van der Waals surface area contributed by atoms with Crippen molar-refractivity contribution in [2.24, 2.45) is 7.05 Å². The summed E-state index contributed by atoms with van der Waals surface area (Å²) < 4.78 is 1.74. The van der Waals surface area contributed by atoms with E-state index in [-0.39, 0.29) is 5.91 Å². The van der Waals surface area contributed by atoms with E-state index in [9.17, 15) is 4.79 Å². The number of carbonyl (C=O) groups is 1. The summed E-state index contributed by atoms with van der Waals surface area (Å²) in [5, 5.41) is 6.86. The number of likely N-dealkylation sites (tertiary alicyclic amines) is 1. The molecule has 5 nitrogen and oxygen atoms in total. The molecule has 128 valence electrons. The first-order chi connectivity index (χ1) is 12.2. The monoisotopic (exact) mass is 352 g/mol. The average molecular weight is 352 g/mol. The predicted octanol–water partition coefficient (Wildman–Crippen LogP) is 3.56. The first-order valence-corrected chi connectivity index (χ1v) is 9.37. The van der Waals surface area contributed by atoms with Crippen LogP contribution in [0, 0.1) is 0 Å². The number of amides is 1. The molecule has 3 heterocycles. The van der Waals surface area contributed by atoms with Crippen molar-refractivity contribution in [1.29, 1.82) is 0 Å². The summed E-state index contributed by atoms with van der Waals surface area (Å²) in [6.45, 7) is 1.58. The molecule has 1 aliphatic rings. The van der Waals surface area contributed by atoms with Gasteiger partial charge in [-0.05, 0) is 24.3 Å². The summed E-state index contributed by atoms with van der Waals surface area (Å²) in [6, 6.07) is 10.6. The maximum atomic E-state index is 12.7. The minimum absolute atomic E-state index is 0.0397. The molecular weight excluding hydrogens is 332 g/mol. The standard InChI is InChI=1S/C19H20N4OS/c1-22-12-16(11-20-22)18-21-17(13-25-18)19(24)23-9-7-15(8-10-23)14-5-3-2-4-6-14/h2-6,11-13,15H,7-10H2,1H3. The molecule has 0 saturated carbocycles. The van der Waals surface area contributed by atoms with Crippen LogP contribution in [0.15, 0.2) is 48.1 Å². The van der Waals surface area contributed by atoms with Crippen molar-refractivity contribution in [3.8, 4) is 10.6 Å². The Balaban J connectivity index is 1.42. The van der Waals surface area contributed by atoms with Gasteiger partial charge in [-0.3, -0.25) is 9.48 Å². The second-order valence-corrected chi connectivity index (χ2v) is 7.28. The lowest BCUT2D eigenvalue weighted by Gasteiger charge is -2.31. The normalized spacial score (nSPS) is 15.5. The van der Waals surface area contributed by atoms with Gasteiger partial charge in [0.25, 0.3) is 5.91 Å². The van der Waals surface area contributed by atoms with Crippen molar-refractivity contribution in [1.82, 2.24) is 19.7 Å². The highest BCUT2D eigenvalue weighted by Crippen LogP contribution is 2.29. The summed E-state index contributed by atoms with van der Waals surface area (Å²) in [6.07, 6.45) is 5.71. The molecular formula is C19H20N4OS. The van der Waals surface area contributed by atoms with Crippen LogP contribution in [0.4, 0.5) is 0 Å². The predicted molar refractivity (Wildman–Crippen MR) is 98.6 cm³/mol. The third-order valence-electron chi connectivity index (χ3n) is 4.73. The first kappa shape index (κ1) is 16.0. The molecule has 0 unspecified atom stereocenters. The van der Waals surface area contributed by atoms with Crippen molar-refractivity contribution < 1.29 is 4.79 Å². The number of rotatable bonds is 3. The molecule has 0 aliphatic carbocycles. The molecule has 1 amide bonds. The van der Waals surface area contributed by atoms with E-state index >= 15 is 0 Å². The Bertz CT molecular complexity index is 862. The molecule has 1 saturated heterocycles. The van der Waals surface area contributed by atoms with Crippen LogP contribution in [-0.4, -0.2) is 38.7 Å². The summed E-state index contributed by atoms with van der Waals surface area (Å²) in [5.41, 5.74) is 2.87. The topological polar surface area (TPSA) is 51.0 Å². The SMILES string of the molecule is Cn1cc(-c2nc(C(=O)N3CCC(c4ccccc4)CC3)cs2)cn1. The molecule has 0 N–H and O–H groups in total. The lowest BCUT2D eigenvalue weighted by atomic mass is 9.89. The fourth-order valence-electron chi connectivity index (χ4n) is 3.34. The van der Waals surface area contributed by atoms with Gasteiger partial charge in [0.1, 0.15) is 10.7 Å². The van der Waals surface area contributed by atoms with E-state index in [1.54, 1.807) is 10.9 Å². The van der Waals surface area contributed by atoms with Crippen molar-refractivity contribution in [3.63, 3.8) is 0 Å². The van der Waals surface area contributed by atoms with Gasteiger partial charge < -0.3 is 4.90 Å². The van der Waals surface area contributed by atoms with E-state index in [0.717, 1.165) is 36.5 Å². The molecule has 1 aromatic carbocycles. The van der Waals surface area contributed by atoms with Gasteiger partial charge in [0, 0.05) is 37.3 Å². The van der Waals surface area contributed by atoms with Gasteiger partial charge in [-0.15, -0.1) is 11.3 Å². The highest BCUT2D eigenvalue weighted by atomic mass is 32.1. The number of benzene rings is 1. The average Bonchev–Trinajstić information content (AvgIpc) is 3.31. The van der Waals surface area contributed by atoms with E-state index in [4.69, 9.17) is 0 Å². The van der Waals surface area contributed by atoms with Crippen LogP contribution in [0.5, 0.6) is 0 Å². The molecule has 0 spiro atoms. The maximum Gasteiger partial charge on any atom is 0.273 e. The Hall–Kier alpha value is -2.47. The molecule has 1 aliphatic heterocycles. The lowest BCUT2D eigenvalue weighted by molar-refractivity contribution is 0.0708. The van der Waals surface area contributed by atoms with Gasteiger partial charge in [-0.1, -0.05) is 30.3 Å². The summed E-state index contributed by atoms with van der Waals surface area (Å²) in [7, 11) is 1.88. The number of thiazole rings is 1. The third-order valence-corrected chi connectivity index (χ3v) is 5.62. The molecule has 0 bridgehead atoms. The molecule has 25 heavy (non-hydrogen) atoms. The molecule has 0 radical (unpaired) electrons. The lowest BCUT2D eigenvalue weighted by Crippen LogP contribution is -2.38. The fraction of sp³-hybridized carbons (Fsp3) is 0.316. The van der Waals surface area contributed by atoms with E-state index in [1.165, 1.54) is 16.9 Å². The number of hydrogen-bond acceptors (Lipinski definition) is 4. The van der Waals surface area contributed by atoms with Gasteiger partial charge in [-0.25, -0.2) is 4.98 Å². The fourth-order valence-corrected chi connectivity index (χ4v) is 4.11. The third kappa shape index (κ3) is 3.35. The first-order valence-electron chi connectivity index (χ1n) is 8.49. The Kier molecular flexibility index (Phi) is 4.36. The van der Waals surface area contributed by atoms with Gasteiger partial charge in [0.05, 0.1) is 6.20 Å². The number of aromatic nitrogens is 3. The number of hydrogen-bond donors (Lipinski definition) is 0. The maximum absolute atomic E-state index is 12.7. The number of nitrogens with zero attached hydrogens (tertiary/aromatic N) is 4. The minimum Gasteiger partial charge on any atom is -0.337 e. The van der Waals surface area contributed by atoms with Crippen LogP contribution in [-0.2, 0) is 7.05 Å². The van der Waals surface area contributed by atoms with E-state index in [2.05, 4.69) is 34.3 Å². The second kappa shape index (κ2) is 6.80. The van der Waals surface area contributed by atoms with Crippen LogP contribution in [0.25, 0.3) is 10.6 Å². The van der Waals surface area contributed by atoms with Crippen molar-refractivity contribution in [3.05, 3.63) is 59.4 Å². The number of aryl methyl sites for hydroxylation is 1. The Morgan fingerprint density at radius 1 is 1.20 bits per heavy atom. The molecule has 1 fully saturated rings. The zero-order chi connectivity index (χ0) is 17.2.